The van der Waals surface area contributed by atoms with Gasteiger partial charge in [-0.1, -0.05) is 12.1 Å². The van der Waals surface area contributed by atoms with Gasteiger partial charge < -0.3 is 15.0 Å². The van der Waals surface area contributed by atoms with Crippen molar-refractivity contribution in [2.45, 2.75) is 33.4 Å². The Morgan fingerprint density at radius 1 is 1.29 bits per heavy atom. The van der Waals surface area contributed by atoms with E-state index in [4.69, 9.17) is 4.74 Å². The Balaban J connectivity index is 2.08. The van der Waals surface area contributed by atoms with Gasteiger partial charge in [0.25, 0.3) is 5.56 Å². The van der Waals surface area contributed by atoms with Crippen molar-refractivity contribution in [2.24, 2.45) is 0 Å². The van der Waals surface area contributed by atoms with Crippen molar-refractivity contribution in [3.8, 4) is 5.75 Å². The summed E-state index contributed by atoms with van der Waals surface area (Å²) < 4.78 is 5.13. The van der Waals surface area contributed by atoms with Crippen molar-refractivity contribution in [3.05, 3.63) is 57.3 Å². The van der Waals surface area contributed by atoms with Gasteiger partial charge in [-0.05, 0) is 38.5 Å². The molecule has 0 aliphatic rings. The standard InChI is InChI=1S/C16H21N3O2/c1-10(15-11(2)18-12(3)19-16(15)20)17-9-13-5-7-14(21-4)8-6-13/h5-8,10,17H,9H2,1-4H3,(H,18,19,20). The first-order chi connectivity index (χ1) is 10.0. The van der Waals surface area contributed by atoms with Crippen LogP contribution in [-0.2, 0) is 6.54 Å². The SMILES string of the molecule is COc1ccc(CNC(C)c2c(C)nc(C)[nH]c2=O)cc1. The van der Waals surface area contributed by atoms with Crippen LogP contribution in [0.25, 0.3) is 0 Å². The van der Waals surface area contributed by atoms with Crippen molar-refractivity contribution in [1.29, 1.82) is 0 Å². The highest BCUT2D eigenvalue weighted by Gasteiger charge is 2.14. The predicted octanol–water partition coefficient (Wildman–Crippen LogP) is 2.25. The fraction of sp³-hybridized carbons (Fsp3) is 0.375. The van der Waals surface area contributed by atoms with Gasteiger partial charge in [-0.25, -0.2) is 4.98 Å². The van der Waals surface area contributed by atoms with E-state index < -0.39 is 0 Å². The molecule has 0 saturated heterocycles. The van der Waals surface area contributed by atoms with Crippen LogP contribution in [0, 0.1) is 13.8 Å². The summed E-state index contributed by atoms with van der Waals surface area (Å²) in [7, 11) is 1.65. The highest BCUT2D eigenvalue weighted by molar-refractivity contribution is 5.27. The van der Waals surface area contributed by atoms with Crippen molar-refractivity contribution < 1.29 is 4.74 Å². The lowest BCUT2D eigenvalue weighted by molar-refractivity contribution is 0.414. The number of ether oxygens (including phenoxy) is 1. The molecule has 5 heteroatoms. The minimum atomic E-state index is -0.0743. The third-order valence-corrected chi connectivity index (χ3v) is 3.47. The lowest BCUT2D eigenvalue weighted by Crippen LogP contribution is -2.27. The number of hydrogen-bond acceptors (Lipinski definition) is 4. The van der Waals surface area contributed by atoms with Gasteiger partial charge in [-0.3, -0.25) is 4.79 Å². The lowest BCUT2D eigenvalue weighted by atomic mass is 10.1. The summed E-state index contributed by atoms with van der Waals surface area (Å²) in [5.74, 6) is 1.48. The van der Waals surface area contributed by atoms with Crippen LogP contribution in [-0.4, -0.2) is 17.1 Å². The summed E-state index contributed by atoms with van der Waals surface area (Å²) in [6.45, 7) is 6.30. The van der Waals surface area contributed by atoms with Gasteiger partial charge in [0.2, 0.25) is 0 Å². The fourth-order valence-corrected chi connectivity index (χ4v) is 2.36. The van der Waals surface area contributed by atoms with Gasteiger partial charge in [0.05, 0.1) is 12.7 Å². The molecule has 1 atom stereocenters. The molecule has 21 heavy (non-hydrogen) atoms. The van der Waals surface area contributed by atoms with Crippen LogP contribution in [0.1, 0.15) is 35.6 Å². The minimum Gasteiger partial charge on any atom is -0.497 e. The molecule has 0 spiro atoms. The third-order valence-electron chi connectivity index (χ3n) is 3.47. The molecule has 1 aromatic heterocycles. The average molecular weight is 287 g/mol. The Morgan fingerprint density at radius 3 is 2.52 bits per heavy atom. The quantitative estimate of drug-likeness (QED) is 0.885. The molecule has 0 amide bonds. The number of methoxy groups -OCH3 is 1. The Hall–Kier alpha value is -2.14. The smallest absolute Gasteiger partial charge is 0.255 e. The van der Waals surface area contributed by atoms with Crippen LogP contribution < -0.4 is 15.6 Å². The van der Waals surface area contributed by atoms with E-state index in [9.17, 15) is 4.79 Å². The predicted molar refractivity (Wildman–Crippen MR) is 82.6 cm³/mol. The van der Waals surface area contributed by atoms with E-state index in [0.29, 0.717) is 17.9 Å². The van der Waals surface area contributed by atoms with Crippen LogP contribution in [0.2, 0.25) is 0 Å². The molecule has 0 aliphatic carbocycles. The lowest BCUT2D eigenvalue weighted by Gasteiger charge is -2.15. The van der Waals surface area contributed by atoms with E-state index in [1.807, 2.05) is 38.1 Å². The zero-order chi connectivity index (χ0) is 15.4. The second kappa shape index (κ2) is 6.54. The van der Waals surface area contributed by atoms with Crippen LogP contribution >= 0.6 is 0 Å². The number of benzene rings is 1. The van der Waals surface area contributed by atoms with E-state index in [2.05, 4.69) is 15.3 Å². The summed E-state index contributed by atoms with van der Waals surface area (Å²) in [5.41, 5.74) is 2.52. The fourth-order valence-electron chi connectivity index (χ4n) is 2.36. The number of rotatable bonds is 5. The van der Waals surface area contributed by atoms with Crippen molar-refractivity contribution in [2.75, 3.05) is 7.11 Å². The molecule has 0 saturated carbocycles. The van der Waals surface area contributed by atoms with E-state index >= 15 is 0 Å². The molecule has 1 aromatic carbocycles. The molecule has 2 aromatic rings. The van der Waals surface area contributed by atoms with Gasteiger partial charge in [0, 0.05) is 18.3 Å². The first kappa shape index (κ1) is 15.3. The summed E-state index contributed by atoms with van der Waals surface area (Å²) in [4.78, 5) is 19.1. The molecule has 1 heterocycles. The van der Waals surface area contributed by atoms with Gasteiger partial charge in [0.15, 0.2) is 0 Å². The maximum atomic E-state index is 12.0. The summed E-state index contributed by atoms with van der Waals surface area (Å²) >= 11 is 0. The average Bonchev–Trinajstić information content (AvgIpc) is 2.44. The number of aromatic nitrogens is 2. The van der Waals surface area contributed by atoms with E-state index in [-0.39, 0.29) is 11.6 Å². The van der Waals surface area contributed by atoms with Crippen LogP contribution in [0.15, 0.2) is 29.1 Å². The van der Waals surface area contributed by atoms with E-state index in [1.165, 1.54) is 0 Å². The normalized spacial score (nSPS) is 12.2. The number of aromatic amines is 1. The second-order valence-electron chi connectivity index (χ2n) is 5.10. The zero-order valence-electron chi connectivity index (χ0n) is 12.9. The Morgan fingerprint density at radius 2 is 1.95 bits per heavy atom. The summed E-state index contributed by atoms with van der Waals surface area (Å²) in [6, 6.07) is 7.79. The topological polar surface area (TPSA) is 67.0 Å². The monoisotopic (exact) mass is 287 g/mol. The van der Waals surface area contributed by atoms with Crippen molar-refractivity contribution in [1.82, 2.24) is 15.3 Å². The summed E-state index contributed by atoms with van der Waals surface area (Å²) in [5, 5.41) is 3.35. The molecule has 0 fully saturated rings. The second-order valence-corrected chi connectivity index (χ2v) is 5.10. The molecule has 0 radical (unpaired) electrons. The molecule has 2 N–H and O–H groups in total. The molecule has 0 aliphatic heterocycles. The minimum absolute atomic E-state index is 0.0658. The van der Waals surface area contributed by atoms with Gasteiger partial charge in [-0.2, -0.15) is 0 Å². The zero-order valence-corrected chi connectivity index (χ0v) is 12.9. The Labute approximate surface area is 124 Å². The van der Waals surface area contributed by atoms with Crippen molar-refractivity contribution in [3.63, 3.8) is 0 Å². The van der Waals surface area contributed by atoms with Gasteiger partial charge in [0.1, 0.15) is 11.6 Å². The maximum Gasteiger partial charge on any atom is 0.255 e. The highest BCUT2D eigenvalue weighted by Crippen LogP contribution is 2.14. The van der Waals surface area contributed by atoms with E-state index in [1.54, 1.807) is 14.0 Å². The van der Waals surface area contributed by atoms with Crippen molar-refractivity contribution >= 4 is 0 Å². The Kier molecular flexibility index (Phi) is 4.75. The third kappa shape index (κ3) is 3.70. The maximum absolute atomic E-state index is 12.0. The first-order valence-corrected chi connectivity index (χ1v) is 6.95. The number of H-pyrrole nitrogens is 1. The molecular weight excluding hydrogens is 266 g/mol. The molecule has 1 unspecified atom stereocenters. The largest absolute Gasteiger partial charge is 0.497 e. The van der Waals surface area contributed by atoms with E-state index in [0.717, 1.165) is 17.0 Å². The number of hydrogen-bond donors (Lipinski definition) is 2. The molecule has 2 rings (SSSR count). The highest BCUT2D eigenvalue weighted by atomic mass is 16.5. The van der Waals surface area contributed by atoms with Gasteiger partial charge >= 0.3 is 0 Å². The molecule has 0 bridgehead atoms. The number of nitrogens with one attached hydrogen (secondary N) is 2. The van der Waals surface area contributed by atoms with Crippen LogP contribution in [0.3, 0.4) is 0 Å². The van der Waals surface area contributed by atoms with Gasteiger partial charge in [-0.15, -0.1) is 0 Å². The molecule has 112 valence electrons. The summed E-state index contributed by atoms with van der Waals surface area (Å²) in [6.07, 6.45) is 0. The van der Waals surface area contributed by atoms with Crippen LogP contribution in [0.5, 0.6) is 5.75 Å². The van der Waals surface area contributed by atoms with Crippen LogP contribution in [0.4, 0.5) is 0 Å². The molecular formula is C16H21N3O2. The Bertz CT molecular complexity index is 662. The number of aryl methyl sites for hydroxylation is 2. The first-order valence-electron chi connectivity index (χ1n) is 6.95. The molecule has 5 nitrogen and oxygen atoms in total. The number of nitrogens with zero attached hydrogens (tertiary/aromatic N) is 1.